The van der Waals surface area contributed by atoms with E-state index < -0.39 is 0 Å². The minimum Gasteiger partial charge on any atom is -0.321 e. The first-order valence-electron chi connectivity index (χ1n) is 6.50. The summed E-state index contributed by atoms with van der Waals surface area (Å²) in [5.74, 6) is -0.357. The van der Waals surface area contributed by atoms with Gasteiger partial charge in [0.25, 0.3) is 5.91 Å². The van der Waals surface area contributed by atoms with Crippen LogP contribution in [-0.4, -0.2) is 21.9 Å². The fourth-order valence-corrected chi connectivity index (χ4v) is 2.14. The first-order chi connectivity index (χ1) is 10.1. The highest BCUT2D eigenvalue weighted by atomic mass is 16.2. The second kappa shape index (κ2) is 5.20. The lowest BCUT2D eigenvalue weighted by molar-refractivity contribution is 0.101. The third kappa shape index (κ3) is 2.53. The van der Waals surface area contributed by atoms with Gasteiger partial charge in [-0.1, -0.05) is 30.3 Å². The van der Waals surface area contributed by atoms with Gasteiger partial charge < -0.3 is 5.32 Å². The topological polar surface area (TPSA) is 74.8 Å². The molecule has 0 radical (unpaired) electrons. The number of Topliss-reactive ketones (excluding diaryl/α,β-unsaturated/α-hetero) is 1. The third-order valence-corrected chi connectivity index (χ3v) is 3.21. The first-order valence-corrected chi connectivity index (χ1v) is 6.50. The van der Waals surface area contributed by atoms with Crippen molar-refractivity contribution in [2.75, 3.05) is 5.32 Å². The molecule has 3 rings (SSSR count). The molecule has 0 aliphatic heterocycles. The summed E-state index contributed by atoms with van der Waals surface area (Å²) in [6.45, 7) is 1.49. The van der Waals surface area contributed by atoms with Gasteiger partial charge in [0.15, 0.2) is 11.5 Å². The Kier molecular flexibility index (Phi) is 3.23. The molecular weight excluding hydrogens is 266 g/mol. The van der Waals surface area contributed by atoms with Crippen LogP contribution in [0, 0.1) is 0 Å². The minimum atomic E-state index is -0.312. The summed E-state index contributed by atoms with van der Waals surface area (Å²) in [6, 6.07) is 14.2. The Hall–Kier alpha value is -2.95. The van der Waals surface area contributed by atoms with Crippen molar-refractivity contribution < 1.29 is 9.59 Å². The van der Waals surface area contributed by atoms with Gasteiger partial charge in [0, 0.05) is 16.6 Å². The number of benzene rings is 2. The Balaban J connectivity index is 1.90. The minimum absolute atomic E-state index is 0.0451. The monoisotopic (exact) mass is 279 g/mol. The molecule has 104 valence electrons. The van der Waals surface area contributed by atoms with E-state index in [2.05, 4.69) is 15.5 Å². The number of carbonyl (C=O) groups excluding carboxylic acids is 2. The van der Waals surface area contributed by atoms with Crippen molar-refractivity contribution in [3.05, 3.63) is 59.8 Å². The number of anilines is 1. The summed E-state index contributed by atoms with van der Waals surface area (Å²) in [4.78, 5) is 23.6. The zero-order valence-electron chi connectivity index (χ0n) is 11.4. The highest BCUT2D eigenvalue weighted by Gasteiger charge is 2.14. The smallest absolute Gasteiger partial charge is 0.276 e. The molecule has 0 aliphatic carbocycles. The summed E-state index contributed by atoms with van der Waals surface area (Å²) in [7, 11) is 0. The van der Waals surface area contributed by atoms with Gasteiger partial charge >= 0.3 is 0 Å². The fourth-order valence-electron chi connectivity index (χ4n) is 2.14. The average molecular weight is 279 g/mol. The van der Waals surface area contributed by atoms with Gasteiger partial charge in [0.1, 0.15) is 0 Å². The molecule has 0 saturated heterocycles. The van der Waals surface area contributed by atoms with E-state index >= 15 is 0 Å². The third-order valence-electron chi connectivity index (χ3n) is 3.21. The van der Waals surface area contributed by atoms with Crippen LogP contribution in [0.3, 0.4) is 0 Å². The molecular formula is C16H13N3O2. The lowest BCUT2D eigenvalue weighted by Gasteiger charge is -2.05. The van der Waals surface area contributed by atoms with Crippen molar-refractivity contribution >= 4 is 28.3 Å². The maximum atomic E-state index is 12.3. The van der Waals surface area contributed by atoms with Gasteiger partial charge in [-0.15, -0.1) is 0 Å². The van der Waals surface area contributed by atoms with Gasteiger partial charge in [-0.3, -0.25) is 14.7 Å². The van der Waals surface area contributed by atoms with E-state index in [4.69, 9.17) is 0 Å². The molecule has 0 unspecified atom stereocenters. The predicted octanol–water partition coefficient (Wildman–Crippen LogP) is 3.02. The fraction of sp³-hybridized carbons (Fsp3) is 0.0625. The number of nitrogens with zero attached hydrogens (tertiary/aromatic N) is 1. The van der Waals surface area contributed by atoms with Crippen LogP contribution in [0.15, 0.2) is 48.5 Å². The number of nitrogens with one attached hydrogen (secondary N) is 2. The van der Waals surface area contributed by atoms with E-state index in [0.717, 1.165) is 10.9 Å². The van der Waals surface area contributed by atoms with Crippen LogP contribution in [0.4, 0.5) is 5.69 Å². The second-order valence-corrected chi connectivity index (χ2v) is 4.71. The number of rotatable bonds is 3. The lowest BCUT2D eigenvalue weighted by atomic mass is 10.1. The van der Waals surface area contributed by atoms with E-state index in [9.17, 15) is 9.59 Å². The number of ketones is 1. The largest absolute Gasteiger partial charge is 0.321 e. The first kappa shape index (κ1) is 13.1. The van der Waals surface area contributed by atoms with Gasteiger partial charge in [-0.05, 0) is 25.1 Å². The van der Waals surface area contributed by atoms with Gasteiger partial charge in [-0.25, -0.2) is 0 Å². The number of carbonyl (C=O) groups is 2. The van der Waals surface area contributed by atoms with Crippen LogP contribution in [-0.2, 0) is 0 Å². The van der Waals surface area contributed by atoms with Crippen molar-refractivity contribution in [1.29, 1.82) is 0 Å². The van der Waals surface area contributed by atoms with Gasteiger partial charge in [0.05, 0.1) is 5.52 Å². The van der Waals surface area contributed by atoms with Crippen molar-refractivity contribution in [3.63, 3.8) is 0 Å². The molecule has 1 aromatic heterocycles. The van der Waals surface area contributed by atoms with Crippen LogP contribution < -0.4 is 5.32 Å². The quantitative estimate of drug-likeness (QED) is 0.724. The van der Waals surface area contributed by atoms with E-state index in [0.29, 0.717) is 16.9 Å². The molecule has 0 saturated carbocycles. The van der Waals surface area contributed by atoms with Crippen molar-refractivity contribution in [2.24, 2.45) is 0 Å². The van der Waals surface area contributed by atoms with Crippen molar-refractivity contribution in [1.82, 2.24) is 10.2 Å². The normalized spacial score (nSPS) is 10.5. The number of hydrogen-bond donors (Lipinski definition) is 2. The van der Waals surface area contributed by atoms with Crippen molar-refractivity contribution in [2.45, 2.75) is 6.92 Å². The molecule has 0 atom stereocenters. The molecule has 0 fully saturated rings. The maximum absolute atomic E-state index is 12.3. The number of aromatic amines is 1. The molecule has 3 aromatic rings. The molecule has 0 bridgehead atoms. The molecule has 1 amide bonds. The van der Waals surface area contributed by atoms with Crippen LogP contribution in [0.5, 0.6) is 0 Å². The Morgan fingerprint density at radius 1 is 1.10 bits per heavy atom. The number of hydrogen-bond acceptors (Lipinski definition) is 3. The number of fused-ring (bicyclic) bond motifs is 1. The maximum Gasteiger partial charge on any atom is 0.276 e. The molecule has 5 nitrogen and oxygen atoms in total. The zero-order valence-corrected chi connectivity index (χ0v) is 11.4. The van der Waals surface area contributed by atoms with Crippen LogP contribution >= 0.6 is 0 Å². The summed E-state index contributed by atoms with van der Waals surface area (Å²) < 4.78 is 0. The van der Waals surface area contributed by atoms with Crippen LogP contribution in [0.1, 0.15) is 27.8 Å². The SMILES string of the molecule is CC(=O)c1cccc(NC(=O)c2n[nH]c3ccccc23)c1. The predicted molar refractivity (Wildman–Crippen MR) is 80.5 cm³/mol. The number of amides is 1. The van der Waals surface area contributed by atoms with E-state index in [1.165, 1.54) is 6.92 Å². The Morgan fingerprint density at radius 3 is 2.71 bits per heavy atom. The molecule has 21 heavy (non-hydrogen) atoms. The van der Waals surface area contributed by atoms with E-state index in [-0.39, 0.29) is 11.7 Å². The summed E-state index contributed by atoms with van der Waals surface area (Å²) in [6.07, 6.45) is 0. The van der Waals surface area contributed by atoms with Crippen LogP contribution in [0.25, 0.3) is 10.9 Å². The zero-order chi connectivity index (χ0) is 14.8. The Bertz CT molecular complexity index is 836. The molecule has 2 N–H and O–H groups in total. The molecule has 2 aromatic carbocycles. The highest BCUT2D eigenvalue weighted by Crippen LogP contribution is 2.17. The number of aromatic nitrogens is 2. The number of para-hydroxylation sites is 1. The molecule has 5 heteroatoms. The number of H-pyrrole nitrogens is 1. The van der Waals surface area contributed by atoms with Crippen LogP contribution in [0.2, 0.25) is 0 Å². The summed E-state index contributed by atoms with van der Waals surface area (Å²) in [5, 5.41) is 10.4. The molecule has 0 spiro atoms. The van der Waals surface area contributed by atoms with Crippen molar-refractivity contribution in [3.8, 4) is 0 Å². The lowest BCUT2D eigenvalue weighted by Crippen LogP contribution is -2.13. The average Bonchev–Trinajstić information content (AvgIpc) is 2.91. The van der Waals surface area contributed by atoms with Gasteiger partial charge in [-0.2, -0.15) is 5.10 Å². The molecule has 1 heterocycles. The van der Waals surface area contributed by atoms with Gasteiger partial charge in [0.2, 0.25) is 0 Å². The van der Waals surface area contributed by atoms with E-state index in [1.807, 2.05) is 24.3 Å². The Labute approximate surface area is 121 Å². The standard InChI is InChI=1S/C16H13N3O2/c1-10(20)11-5-4-6-12(9-11)17-16(21)15-13-7-2-3-8-14(13)18-19-15/h2-9H,1H3,(H,17,21)(H,18,19). The summed E-state index contributed by atoms with van der Waals surface area (Å²) >= 11 is 0. The Morgan fingerprint density at radius 2 is 1.90 bits per heavy atom. The second-order valence-electron chi connectivity index (χ2n) is 4.71. The summed E-state index contributed by atoms with van der Waals surface area (Å²) in [5.41, 5.74) is 2.26. The highest BCUT2D eigenvalue weighted by molar-refractivity contribution is 6.11. The van der Waals surface area contributed by atoms with E-state index in [1.54, 1.807) is 24.3 Å². The molecule has 0 aliphatic rings.